The van der Waals surface area contributed by atoms with Crippen LogP contribution in [0.4, 0.5) is 0 Å². The minimum Gasteiger partial charge on any atom is -0.505 e. The summed E-state index contributed by atoms with van der Waals surface area (Å²) < 4.78 is 0. The topological polar surface area (TPSA) is 83.3 Å². The summed E-state index contributed by atoms with van der Waals surface area (Å²) >= 11 is 0. The number of nitrogens with one attached hydrogen (secondary N) is 1. The number of hydrogen-bond donors (Lipinski definition) is 2. The first-order chi connectivity index (χ1) is 15.2. The highest BCUT2D eigenvalue weighted by Gasteiger charge is 2.23. The van der Waals surface area contributed by atoms with Gasteiger partial charge in [0.15, 0.2) is 0 Å². The van der Waals surface area contributed by atoms with Gasteiger partial charge in [0.1, 0.15) is 22.5 Å². The lowest BCUT2D eigenvalue weighted by molar-refractivity contribution is -0.121. The lowest BCUT2D eigenvalue weighted by Gasteiger charge is -2.23. The number of carbonyl (C=O) groups is 1. The van der Waals surface area contributed by atoms with Crippen LogP contribution in [0, 0.1) is 0 Å². The van der Waals surface area contributed by atoms with Crippen molar-refractivity contribution in [2.75, 3.05) is 26.7 Å². The summed E-state index contributed by atoms with van der Waals surface area (Å²) in [5.74, 6) is 0.213. The number of phenolic OH excluding ortho intramolecular Hbond substituents is 1. The van der Waals surface area contributed by atoms with E-state index in [4.69, 9.17) is 0 Å². The van der Waals surface area contributed by atoms with Crippen molar-refractivity contribution < 1.29 is 9.90 Å². The van der Waals surface area contributed by atoms with Crippen LogP contribution in [0.5, 0.6) is 5.75 Å². The average molecular weight is 438 g/mol. The third-order valence-corrected chi connectivity index (χ3v) is 5.68. The van der Waals surface area contributed by atoms with E-state index in [1.54, 1.807) is 0 Å². The molecule has 0 atom stereocenters. The molecule has 3 aromatic rings. The van der Waals surface area contributed by atoms with Gasteiger partial charge in [-0.1, -0.05) is 45.9 Å². The van der Waals surface area contributed by atoms with Crippen molar-refractivity contribution in [3.8, 4) is 11.4 Å². The van der Waals surface area contributed by atoms with Crippen molar-refractivity contribution >= 4 is 16.9 Å². The third-order valence-electron chi connectivity index (χ3n) is 5.68. The molecule has 0 unspecified atom stereocenters. The second-order valence-corrected chi connectivity index (χ2v) is 9.34. The van der Waals surface area contributed by atoms with Crippen molar-refractivity contribution in [3.05, 3.63) is 47.5 Å². The standard InChI is InChI=1S/C25H35N5O2/c1-6-29(5)15-9-14-26-23(31)13-12-18-16-19(25(2,3)4)24(32)22(17-18)30-27-20-10-7-8-11-21(20)28-30/h7-8,10-11,16-17,32H,6,9,12-15H2,1-5H3,(H,26,31). The van der Waals surface area contributed by atoms with Crippen molar-refractivity contribution in [2.45, 2.75) is 52.4 Å². The summed E-state index contributed by atoms with van der Waals surface area (Å²) in [6.45, 7) is 11.0. The second kappa shape index (κ2) is 10.1. The molecule has 0 spiro atoms. The maximum absolute atomic E-state index is 12.3. The quantitative estimate of drug-likeness (QED) is 0.497. The Morgan fingerprint density at radius 2 is 1.81 bits per heavy atom. The molecule has 2 N–H and O–H groups in total. The van der Waals surface area contributed by atoms with Gasteiger partial charge in [0.05, 0.1) is 0 Å². The Kier molecular flexibility index (Phi) is 7.51. The molecule has 1 aromatic heterocycles. The predicted molar refractivity (Wildman–Crippen MR) is 128 cm³/mol. The Morgan fingerprint density at radius 1 is 1.16 bits per heavy atom. The lowest BCUT2D eigenvalue weighted by atomic mass is 9.84. The Morgan fingerprint density at radius 3 is 2.41 bits per heavy atom. The van der Waals surface area contributed by atoms with Crippen LogP contribution in [0.1, 0.15) is 51.7 Å². The molecule has 32 heavy (non-hydrogen) atoms. The maximum Gasteiger partial charge on any atom is 0.220 e. The van der Waals surface area contributed by atoms with Crippen molar-refractivity contribution in [2.24, 2.45) is 0 Å². The first kappa shape index (κ1) is 23.7. The largest absolute Gasteiger partial charge is 0.505 e. The van der Waals surface area contributed by atoms with Crippen LogP contribution in [0.15, 0.2) is 36.4 Å². The van der Waals surface area contributed by atoms with E-state index in [9.17, 15) is 9.90 Å². The van der Waals surface area contributed by atoms with E-state index in [0.717, 1.165) is 41.7 Å². The van der Waals surface area contributed by atoms with Gasteiger partial charge in [-0.15, -0.1) is 15.0 Å². The number of aromatic nitrogens is 3. The second-order valence-electron chi connectivity index (χ2n) is 9.34. The number of benzene rings is 2. The highest BCUT2D eigenvalue weighted by atomic mass is 16.3. The van der Waals surface area contributed by atoms with Crippen LogP contribution >= 0.6 is 0 Å². The SMILES string of the molecule is CCN(C)CCCNC(=O)CCc1cc(-n2nc3ccccc3n2)c(O)c(C(C)(C)C)c1. The van der Waals surface area contributed by atoms with E-state index in [0.29, 0.717) is 25.1 Å². The number of aromatic hydroxyl groups is 1. The van der Waals surface area contributed by atoms with Gasteiger partial charge in [0.25, 0.3) is 0 Å². The van der Waals surface area contributed by atoms with Crippen LogP contribution < -0.4 is 5.32 Å². The number of amides is 1. The number of hydrogen-bond acceptors (Lipinski definition) is 5. The number of aryl methyl sites for hydroxylation is 1. The molecule has 7 nitrogen and oxygen atoms in total. The van der Waals surface area contributed by atoms with Crippen LogP contribution in [0.2, 0.25) is 0 Å². The van der Waals surface area contributed by atoms with Crippen molar-refractivity contribution in [1.29, 1.82) is 0 Å². The molecule has 1 heterocycles. The summed E-state index contributed by atoms with van der Waals surface area (Å²) in [5, 5.41) is 23.1. The molecule has 172 valence electrons. The van der Waals surface area contributed by atoms with Crippen LogP contribution in [0.3, 0.4) is 0 Å². The smallest absolute Gasteiger partial charge is 0.220 e. The average Bonchev–Trinajstić information content (AvgIpc) is 3.19. The summed E-state index contributed by atoms with van der Waals surface area (Å²) in [5.41, 5.74) is 3.59. The molecular weight excluding hydrogens is 402 g/mol. The molecule has 0 bridgehead atoms. The summed E-state index contributed by atoms with van der Waals surface area (Å²) in [7, 11) is 2.08. The van der Waals surface area contributed by atoms with Crippen molar-refractivity contribution in [3.63, 3.8) is 0 Å². The van der Waals surface area contributed by atoms with Crippen molar-refractivity contribution in [1.82, 2.24) is 25.2 Å². The fraction of sp³-hybridized carbons (Fsp3) is 0.480. The predicted octanol–water partition coefficient (Wildman–Crippen LogP) is 3.81. The number of rotatable bonds is 9. The number of fused-ring (bicyclic) bond motifs is 1. The zero-order valence-electron chi connectivity index (χ0n) is 19.9. The summed E-state index contributed by atoms with van der Waals surface area (Å²) in [6, 6.07) is 11.5. The Balaban J connectivity index is 1.77. The Bertz CT molecular complexity index is 1030. The minimum absolute atomic E-state index is 0.0408. The van der Waals surface area contributed by atoms with E-state index in [2.05, 4.69) is 55.2 Å². The van der Waals surface area contributed by atoms with Gasteiger partial charge in [0.2, 0.25) is 5.91 Å². The first-order valence-electron chi connectivity index (χ1n) is 11.3. The van der Waals surface area contributed by atoms with Gasteiger partial charge >= 0.3 is 0 Å². The highest BCUT2D eigenvalue weighted by Crippen LogP contribution is 2.36. The fourth-order valence-corrected chi connectivity index (χ4v) is 3.59. The van der Waals surface area contributed by atoms with Gasteiger partial charge in [-0.3, -0.25) is 4.79 Å². The van der Waals surface area contributed by atoms with E-state index in [1.807, 2.05) is 36.4 Å². The molecule has 0 fully saturated rings. The molecule has 0 aliphatic rings. The highest BCUT2D eigenvalue weighted by molar-refractivity contribution is 5.76. The first-order valence-corrected chi connectivity index (χ1v) is 11.3. The maximum atomic E-state index is 12.3. The van der Waals surface area contributed by atoms with E-state index >= 15 is 0 Å². The van der Waals surface area contributed by atoms with Crippen LogP contribution in [0.25, 0.3) is 16.7 Å². The zero-order chi connectivity index (χ0) is 23.3. The van der Waals surface area contributed by atoms with Gasteiger partial charge in [-0.05, 0) is 62.2 Å². The number of carbonyl (C=O) groups excluding carboxylic acids is 1. The Hall–Kier alpha value is -2.93. The third kappa shape index (κ3) is 5.85. The van der Waals surface area contributed by atoms with Crippen LogP contribution in [-0.2, 0) is 16.6 Å². The normalized spacial score (nSPS) is 11.9. The molecule has 0 radical (unpaired) electrons. The molecule has 7 heteroatoms. The summed E-state index contributed by atoms with van der Waals surface area (Å²) in [4.78, 5) is 16.1. The van der Waals surface area contributed by atoms with E-state index in [1.165, 1.54) is 4.80 Å². The number of nitrogens with zero attached hydrogens (tertiary/aromatic N) is 4. The monoisotopic (exact) mass is 437 g/mol. The summed E-state index contributed by atoms with van der Waals surface area (Å²) in [6.07, 6.45) is 1.91. The van der Waals surface area contributed by atoms with Crippen LogP contribution in [-0.4, -0.2) is 57.6 Å². The molecule has 0 aliphatic carbocycles. The van der Waals surface area contributed by atoms with Gasteiger partial charge < -0.3 is 15.3 Å². The molecular formula is C25H35N5O2. The molecule has 2 aromatic carbocycles. The molecule has 1 amide bonds. The minimum atomic E-state index is -0.269. The van der Waals surface area contributed by atoms with Gasteiger partial charge in [-0.2, -0.15) is 0 Å². The van der Waals surface area contributed by atoms with Gasteiger partial charge in [0, 0.05) is 18.5 Å². The number of phenols is 1. The molecule has 3 rings (SSSR count). The van der Waals surface area contributed by atoms with Gasteiger partial charge in [-0.25, -0.2) is 0 Å². The Labute approximate surface area is 190 Å². The molecule has 0 saturated carbocycles. The molecule has 0 saturated heterocycles. The van der Waals surface area contributed by atoms with E-state index in [-0.39, 0.29) is 17.1 Å². The van der Waals surface area contributed by atoms with E-state index < -0.39 is 0 Å². The molecule has 0 aliphatic heterocycles. The lowest BCUT2D eigenvalue weighted by Crippen LogP contribution is -2.28. The fourth-order valence-electron chi connectivity index (χ4n) is 3.59. The zero-order valence-corrected chi connectivity index (χ0v) is 19.9.